The molecule has 1 aromatic carbocycles. The van der Waals surface area contributed by atoms with Crippen LogP contribution in [0.25, 0.3) is 0 Å². The Balaban J connectivity index is 2.25. The van der Waals surface area contributed by atoms with Crippen LogP contribution in [0, 0.1) is 11.3 Å². The first-order valence-electron chi connectivity index (χ1n) is 7.10. The number of hydrogen-bond donors (Lipinski definition) is 1. The number of unbranched alkanes of at least 4 members (excludes halogenated alkanes) is 2. The predicted molar refractivity (Wildman–Crippen MR) is 86.2 cm³/mol. The average molecular weight is 292 g/mol. The van der Waals surface area contributed by atoms with Gasteiger partial charge in [-0.05, 0) is 56.0 Å². The van der Waals surface area contributed by atoms with E-state index < -0.39 is 0 Å². The molecule has 110 valence electrons. The van der Waals surface area contributed by atoms with E-state index in [9.17, 15) is 0 Å². The van der Waals surface area contributed by atoms with E-state index in [4.69, 9.17) is 10.00 Å². The molecule has 1 N–H and O–H groups in total. The standard InChI is InChI=1S/C16H24N2OS/c1-14(18-11-4-3-5-13-20-2)15-6-8-16(9-7-15)19-12-10-17/h6-9,14,18H,3-5,11-13H2,1-2H3. The van der Waals surface area contributed by atoms with Gasteiger partial charge in [-0.2, -0.15) is 17.0 Å². The van der Waals surface area contributed by atoms with Crippen molar-refractivity contribution in [2.24, 2.45) is 0 Å². The maximum atomic E-state index is 8.46. The number of thioether (sulfide) groups is 1. The van der Waals surface area contributed by atoms with Gasteiger partial charge in [0.25, 0.3) is 0 Å². The Morgan fingerprint density at radius 2 is 2.00 bits per heavy atom. The second-order valence-electron chi connectivity index (χ2n) is 4.75. The van der Waals surface area contributed by atoms with Gasteiger partial charge in [-0.25, -0.2) is 0 Å². The maximum Gasteiger partial charge on any atom is 0.174 e. The van der Waals surface area contributed by atoms with E-state index in [0.29, 0.717) is 6.04 Å². The summed E-state index contributed by atoms with van der Waals surface area (Å²) in [5.41, 5.74) is 1.25. The summed E-state index contributed by atoms with van der Waals surface area (Å²) in [5, 5.41) is 12.0. The van der Waals surface area contributed by atoms with E-state index in [1.165, 1.54) is 30.6 Å². The Labute approximate surface area is 126 Å². The Hall–Kier alpha value is -1.18. The highest BCUT2D eigenvalue weighted by atomic mass is 32.2. The Morgan fingerprint density at radius 3 is 2.65 bits per heavy atom. The van der Waals surface area contributed by atoms with Crippen molar-refractivity contribution in [1.82, 2.24) is 5.32 Å². The van der Waals surface area contributed by atoms with Crippen LogP contribution >= 0.6 is 11.8 Å². The molecule has 0 fully saturated rings. The van der Waals surface area contributed by atoms with Gasteiger partial charge in [-0.1, -0.05) is 18.6 Å². The van der Waals surface area contributed by atoms with Gasteiger partial charge in [0, 0.05) is 6.04 Å². The lowest BCUT2D eigenvalue weighted by Crippen LogP contribution is -2.19. The van der Waals surface area contributed by atoms with Gasteiger partial charge in [0.15, 0.2) is 6.61 Å². The van der Waals surface area contributed by atoms with Crippen LogP contribution in [0.3, 0.4) is 0 Å². The molecule has 0 aliphatic heterocycles. The van der Waals surface area contributed by atoms with Crippen molar-refractivity contribution in [3.05, 3.63) is 29.8 Å². The van der Waals surface area contributed by atoms with Crippen LogP contribution in [0.2, 0.25) is 0 Å². The van der Waals surface area contributed by atoms with Gasteiger partial charge in [-0.3, -0.25) is 0 Å². The van der Waals surface area contributed by atoms with Crippen LogP contribution < -0.4 is 10.1 Å². The zero-order valence-corrected chi connectivity index (χ0v) is 13.2. The normalized spacial score (nSPS) is 11.8. The van der Waals surface area contributed by atoms with Gasteiger partial charge in [0.1, 0.15) is 11.8 Å². The van der Waals surface area contributed by atoms with Crippen LogP contribution in [0.5, 0.6) is 5.75 Å². The maximum absolute atomic E-state index is 8.46. The average Bonchev–Trinajstić information content (AvgIpc) is 2.49. The Kier molecular flexibility index (Phi) is 8.93. The van der Waals surface area contributed by atoms with E-state index in [1.807, 2.05) is 30.0 Å². The van der Waals surface area contributed by atoms with Crippen molar-refractivity contribution >= 4 is 11.8 Å². The fraction of sp³-hybridized carbons (Fsp3) is 0.562. The quantitative estimate of drug-likeness (QED) is 0.667. The third-order valence-electron chi connectivity index (χ3n) is 3.16. The summed E-state index contributed by atoms with van der Waals surface area (Å²) in [6.07, 6.45) is 5.99. The lowest BCUT2D eigenvalue weighted by atomic mass is 10.1. The minimum absolute atomic E-state index is 0.100. The first-order valence-corrected chi connectivity index (χ1v) is 8.49. The fourth-order valence-corrected chi connectivity index (χ4v) is 2.45. The molecule has 4 heteroatoms. The van der Waals surface area contributed by atoms with Crippen LogP contribution in [-0.4, -0.2) is 25.2 Å². The molecule has 0 bridgehead atoms. The minimum atomic E-state index is 0.100. The molecule has 0 radical (unpaired) electrons. The van der Waals surface area contributed by atoms with Crippen LogP contribution in [0.1, 0.15) is 37.8 Å². The monoisotopic (exact) mass is 292 g/mol. The highest BCUT2D eigenvalue weighted by Gasteiger charge is 2.04. The van der Waals surface area contributed by atoms with Crippen LogP contribution in [0.4, 0.5) is 0 Å². The van der Waals surface area contributed by atoms with E-state index in [0.717, 1.165) is 12.3 Å². The number of ether oxygens (including phenoxy) is 1. The number of rotatable bonds is 10. The molecule has 0 heterocycles. The molecule has 0 aliphatic carbocycles. The number of nitriles is 1. The Bertz CT molecular complexity index is 400. The van der Waals surface area contributed by atoms with E-state index in [2.05, 4.69) is 30.6 Å². The summed E-state index contributed by atoms with van der Waals surface area (Å²) in [6, 6.07) is 10.3. The zero-order valence-electron chi connectivity index (χ0n) is 12.4. The minimum Gasteiger partial charge on any atom is -0.479 e. The molecule has 0 saturated heterocycles. The number of nitrogens with one attached hydrogen (secondary N) is 1. The summed E-state index contributed by atoms with van der Waals surface area (Å²) in [5.74, 6) is 2.01. The molecule has 20 heavy (non-hydrogen) atoms. The third-order valence-corrected chi connectivity index (χ3v) is 3.86. The lowest BCUT2D eigenvalue weighted by Gasteiger charge is -2.14. The van der Waals surface area contributed by atoms with Crippen molar-refractivity contribution in [1.29, 1.82) is 5.26 Å². The van der Waals surface area contributed by atoms with Crippen molar-refractivity contribution in [2.45, 2.75) is 32.2 Å². The molecule has 1 aromatic rings. The van der Waals surface area contributed by atoms with E-state index in [-0.39, 0.29) is 6.61 Å². The van der Waals surface area contributed by atoms with Gasteiger partial charge in [-0.15, -0.1) is 0 Å². The second-order valence-corrected chi connectivity index (χ2v) is 5.73. The summed E-state index contributed by atoms with van der Waals surface area (Å²) >= 11 is 1.92. The summed E-state index contributed by atoms with van der Waals surface area (Å²) in [4.78, 5) is 0. The van der Waals surface area contributed by atoms with Crippen molar-refractivity contribution in [3.8, 4) is 11.8 Å². The molecule has 0 aromatic heterocycles. The number of hydrogen-bond acceptors (Lipinski definition) is 4. The first-order chi connectivity index (χ1) is 9.77. The lowest BCUT2D eigenvalue weighted by molar-refractivity contribution is 0.368. The molecule has 0 saturated carbocycles. The fourth-order valence-electron chi connectivity index (χ4n) is 1.95. The first kappa shape index (κ1) is 16.9. The van der Waals surface area contributed by atoms with Gasteiger partial charge >= 0.3 is 0 Å². The summed E-state index contributed by atoms with van der Waals surface area (Å²) in [7, 11) is 0. The summed E-state index contributed by atoms with van der Waals surface area (Å²) < 4.78 is 5.24. The van der Waals surface area contributed by atoms with Crippen molar-refractivity contribution < 1.29 is 4.74 Å². The van der Waals surface area contributed by atoms with E-state index >= 15 is 0 Å². The van der Waals surface area contributed by atoms with Crippen LogP contribution in [0.15, 0.2) is 24.3 Å². The SMILES string of the molecule is CSCCCCCNC(C)c1ccc(OCC#N)cc1. The topological polar surface area (TPSA) is 45.0 Å². The van der Waals surface area contributed by atoms with Gasteiger partial charge in [0.05, 0.1) is 0 Å². The third kappa shape index (κ3) is 6.83. The molecular formula is C16H24N2OS. The molecule has 0 spiro atoms. The molecule has 1 atom stereocenters. The molecule has 1 rings (SSSR count). The molecule has 0 amide bonds. The zero-order chi connectivity index (χ0) is 14.6. The van der Waals surface area contributed by atoms with Crippen LogP contribution in [-0.2, 0) is 0 Å². The van der Waals surface area contributed by atoms with E-state index in [1.54, 1.807) is 0 Å². The number of benzene rings is 1. The van der Waals surface area contributed by atoms with Gasteiger partial charge < -0.3 is 10.1 Å². The van der Waals surface area contributed by atoms with Crippen molar-refractivity contribution in [3.63, 3.8) is 0 Å². The smallest absolute Gasteiger partial charge is 0.174 e. The predicted octanol–water partition coefficient (Wildman–Crippen LogP) is 3.77. The van der Waals surface area contributed by atoms with Gasteiger partial charge in [0.2, 0.25) is 0 Å². The largest absolute Gasteiger partial charge is 0.479 e. The molecule has 1 unspecified atom stereocenters. The number of nitrogens with zero attached hydrogens (tertiary/aromatic N) is 1. The Morgan fingerprint density at radius 1 is 1.25 bits per heavy atom. The molecular weight excluding hydrogens is 268 g/mol. The highest BCUT2D eigenvalue weighted by molar-refractivity contribution is 7.98. The molecule has 3 nitrogen and oxygen atoms in total. The molecule has 0 aliphatic rings. The summed E-state index contributed by atoms with van der Waals surface area (Å²) in [6.45, 7) is 3.33. The van der Waals surface area contributed by atoms with Crippen molar-refractivity contribution in [2.75, 3.05) is 25.2 Å². The second kappa shape index (κ2) is 10.6. The highest BCUT2D eigenvalue weighted by Crippen LogP contribution is 2.17.